The number of hydrogen-bond donors (Lipinski definition) is 1. The van der Waals surface area contributed by atoms with E-state index in [4.69, 9.17) is 4.74 Å². The number of rotatable bonds is 5. The van der Waals surface area contributed by atoms with Gasteiger partial charge in [-0.1, -0.05) is 12.8 Å². The molecule has 1 N–H and O–H groups in total. The van der Waals surface area contributed by atoms with Crippen molar-refractivity contribution in [3.8, 4) is 5.75 Å². The number of carbonyl (C=O) groups is 2. The van der Waals surface area contributed by atoms with Crippen molar-refractivity contribution < 1.29 is 19.2 Å². The lowest BCUT2D eigenvalue weighted by Crippen LogP contribution is -2.35. The third-order valence-corrected chi connectivity index (χ3v) is 4.95. The van der Waals surface area contributed by atoms with Gasteiger partial charge in [0, 0.05) is 19.0 Å². The van der Waals surface area contributed by atoms with Crippen LogP contribution in [0, 0.1) is 16.0 Å². The summed E-state index contributed by atoms with van der Waals surface area (Å²) in [6.45, 7) is 0.388. The molecule has 2 aliphatic rings. The van der Waals surface area contributed by atoms with Gasteiger partial charge in [0.2, 0.25) is 11.8 Å². The zero-order valence-corrected chi connectivity index (χ0v) is 14.1. The molecule has 25 heavy (non-hydrogen) atoms. The van der Waals surface area contributed by atoms with Gasteiger partial charge in [-0.05, 0) is 25.0 Å². The molecular formula is C17H21N3O5. The van der Waals surface area contributed by atoms with Crippen molar-refractivity contribution >= 4 is 23.2 Å². The van der Waals surface area contributed by atoms with E-state index in [0.717, 1.165) is 25.7 Å². The van der Waals surface area contributed by atoms with Crippen molar-refractivity contribution in [2.24, 2.45) is 5.92 Å². The molecule has 3 rings (SSSR count). The lowest BCUT2D eigenvalue weighted by molar-refractivity contribution is -0.384. The molecule has 2 amide bonds. The Morgan fingerprint density at radius 3 is 2.72 bits per heavy atom. The summed E-state index contributed by atoms with van der Waals surface area (Å²) in [6.07, 6.45) is 4.37. The predicted molar refractivity (Wildman–Crippen MR) is 90.4 cm³/mol. The zero-order valence-electron chi connectivity index (χ0n) is 14.1. The maximum atomic E-state index is 12.5. The van der Waals surface area contributed by atoms with Crippen LogP contribution >= 0.6 is 0 Å². The molecule has 8 nitrogen and oxygen atoms in total. The lowest BCUT2D eigenvalue weighted by Gasteiger charge is -2.23. The summed E-state index contributed by atoms with van der Waals surface area (Å²) in [7, 11) is 1.42. The third-order valence-electron chi connectivity index (χ3n) is 4.95. The summed E-state index contributed by atoms with van der Waals surface area (Å²) in [5, 5.41) is 13.8. The molecule has 2 fully saturated rings. The number of nitrogens with one attached hydrogen (secondary N) is 1. The molecule has 1 aliphatic carbocycles. The van der Waals surface area contributed by atoms with Crippen molar-refractivity contribution in [2.75, 3.05) is 19.0 Å². The van der Waals surface area contributed by atoms with E-state index in [-0.39, 0.29) is 35.7 Å². The Balaban J connectivity index is 1.70. The quantitative estimate of drug-likeness (QED) is 0.650. The first kappa shape index (κ1) is 17.2. The Morgan fingerprint density at radius 1 is 1.36 bits per heavy atom. The second-order valence-electron chi connectivity index (χ2n) is 6.51. The number of nitro benzene ring substituents is 1. The van der Waals surface area contributed by atoms with Crippen LogP contribution in [0.15, 0.2) is 18.2 Å². The van der Waals surface area contributed by atoms with Crippen molar-refractivity contribution in [3.05, 3.63) is 28.3 Å². The SMILES string of the molecule is COc1ccc(NC(=O)[C@H]2CC(=O)N(C3CCCC3)C2)c([N+](=O)[O-])c1. The summed E-state index contributed by atoms with van der Waals surface area (Å²) in [6, 6.07) is 4.49. The minimum absolute atomic E-state index is 0.00344. The van der Waals surface area contributed by atoms with Gasteiger partial charge in [-0.2, -0.15) is 0 Å². The smallest absolute Gasteiger partial charge is 0.296 e. The highest BCUT2D eigenvalue weighted by atomic mass is 16.6. The second kappa shape index (κ2) is 7.08. The minimum atomic E-state index is -0.567. The zero-order chi connectivity index (χ0) is 18.0. The Morgan fingerprint density at radius 2 is 2.08 bits per heavy atom. The average molecular weight is 347 g/mol. The van der Waals surface area contributed by atoms with E-state index >= 15 is 0 Å². The summed E-state index contributed by atoms with van der Waals surface area (Å²) in [4.78, 5) is 37.2. The van der Waals surface area contributed by atoms with E-state index in [2.05, 4.69) is 5.32 Å². The maximum absolute atomic E-state index is 12.5. The first-order valence-electron chi connectivity index (χ1n) is 8.42. The molecule has 1 aromatic rings. The van der Waals surface area contributed by atoms with E-state index in [9.17, 15) is 19.7 Å². The van der Waals surface area contributed by atoms with Gasteiger partial charge < -0.3 is 15.0 Å². The molecule has 1 heterocycles. The summed E-state index contributed by atoms with van der Waals surface area (Å²) in [5.41, 5.74) is -0.118. The average Bonchev–Trinajstić information content (AvgIpc) is 3.24. The van der Waals surface area contributed by atoms with Gasteiger partial charge in [0.1, 0.15) is 11.4 Å². The van der Waals surface area contributed by atoms with E-state index in [0.29, 0.717) is 12.3 Å². The predicted octanol–water partition coefficient (Wildman–Crippen LogP) is 2.33. The van der Waals surface area contributed by atoms with Crippen molar-refractivity contribution in [1.82, 2.24) is 4.90 Å². The summed E-state index contributed by atoms with van der Waals surface area (Å²) >= 11 is 0. The molecule has 0 spiro atoms. The number of nitro groups is 1. The first-order chi connectivity index (χ1) is 12.0. The van der Waals surface area contributed by atoms with Crippen molar-refractivity contribution in [3.63, 3.8) is 0 Å². The molecular weight excluding hydrogens is 326 g/mol. The molecule has 1 saturated carbocycles. The largest absolute Gasteiger partial charge is 0.496 e. The lowest BCUT2D eigenvalue weighted by atomic mass is 10.1. The van der Waals surface area contributed by atoms with Crippen LogP contribution in [0.5, 0.6) is 5.75 Å². The first-order valence-corrected chi connectivity index (χ1v) is 8.42. The number of benzene rings is 1. The van der Waals surface area contributed by atoms with Gasteiger partial charge in [-0.3, -0.25) is 19.7 Å². The van der Waals surface area contributed by atoms with Gasteiger partial charge in [-0.15, -0.1) is 0 Å². The Labute approximate surface area is 145 Å². The van der Waals surface area contributed by atoms with Gasteiger partial charge in [0.25, 0.3) is 5.69 Å². The van der Waals surface area contributed by atoms with Crippen LogP contribution in [0.25, 0.3) is 0 Å². The molecule has 1 aliphatic heterocycles. The van der Waals surface area contributed by atoms with E-state index in [1.165, 1.54) is 19.2 Å². The Hall–Kier alpha value is -2.64. The number of nitrogens with zero attached hydrogens (tertiary/aromatic N) is 2. The van der Waals surface area contributed by atoms with Crippen LogP contribution in [0.3, 0.4) is 0 Å². The highest BCUT2D eigenvalue weighted by Gasteiger charge is 2.39. The van der Waals surface area contributed by atoms with Crippen LogP contribution in [-0.2, 0) is 9.59 Å². The number of hydrogen-bond acceptors (Lipinski definition) is 5. The van der Waals surface area contributed by atoms with Gasteiger partial charge in [-0.25, -0.2) is 0 Å². The molecule has 8 heteroatoms. The van der Waals surface area contributed by atoms with Crippen LogP contribution in [0.2, 0.25) is 0 Å². The van der Waals surface area contributed by atoms with Crippen molar-refractivity contribution in [1.29, 1.82) is 0 Å². The Kier molecular flexibility index (Phi) is 4.87. The topological polar surface area (TPSA) is 102 Å². The molecule has 1 atom stereocenters. The summed E-state index contributed by atoms with van der Waals surface area (Å²) in [5.74, 6) is -0.499. The fourth-order valence-corrected chi connectivity index (χ4v) is 3.61. The number of amides is 2. The molecule has 0 bridgehead atoms. The molecule has 0 unspecified atom stereocenters. The fourth-order valence-electron chi connectivity index (χ4n) is 3.61. The van der Waals surface area contributed by atoms with E-state index < -0.39 is 10.8 Å². The number of carbonyl (C=O) groups excluding carboxylic acids is 2. The van der Waals surface area contributed by atoms with Crippen LogP contribution in [-0.4, -0.2) is 41.3 Å². The van der Waals surface area contributed by atoms with E-state index in [1.54, 1.807) is 11.0 Å². The van der Waals surface area contributed by atoms with Crippen LogP contribution < -0.4 is 10.1 Å². The van der Waals surface area contributed by atoms with E-state index in [1.807, 2.05) is 0 Å². The highest BCUT2D eigenvalue weighted by Crippen LogP contribution is 2.32. The Bertz CT molecular complexity index is 700. The molecule has 0 radical (unpaired) electrons. The highest BCUT2D eigenvalue weighted by molar-refractivity contribution is 5.98. The summed E-state index contributed by atoms with van der Waals surface area (Å²) < 4.78 is 4.98. The van der Waals surface area contributed by atoms with Crippen molar-refractivity contribution in [2.45, 2.75) is 38.1 Å². The van der Waals surface area contributed by atoms with Gasteiger partial charge in [0.15, 0.2) is 0 Å². The standard InChI is InChI=1S/C17H21N3O5/c1-25-13-6-7-14(15(9-13)20(23)24)18-17(22)11-8-16(21)19(10-11)12-4-2-3-5-12/h6-7,9,11-12H,2-5,8,10H2,1H3,(H,18,22)/t11-/m0/s1. The monoisotopic (exact) mass is 347 g/mol. The maximum Gasteiger partial charge on any atom is 0.296 e. The molecule has 0 aromatic heterocycles. The van der Waals surface area contributed by atoms with Gasteiger partial charge >= 0.3 is 0 Å². The number of methoxy groups -OCH3 is 1. The minimum Gasteiger partial charge on any atom is -0.496 e. The van der Waals surface area contributed by atoms with Gasteiger partial charge in [0.05, 0.1) is 24.0 Å². The second-order valence-corrected chi connectivity index (χ2v) is 6.51. The normalized spacial score (nSPS) is 20.8. The molecule has 134 valence electrons. The number of likely N-dealkylation sites (tertiary alicyclic amines) is 1. The van der Waals surface area contributed by atoms with Crippen LogP contribution in [0.1, 0.15) is 32.1 Å². The molecule has 1 saturated heterocycles. The number of ether oxygens (including phenoxy) is 1. The van der Waals surface area contributed by atoms with Crippen LogP contribution in [0.4, 0.5) is 11.4 Å². The number of anilines is 1. The molecule has 1 aromatic carbocycles. The third kappa shape index (κ3) is 3.57. The fraction of sp³-hybridized carbons (Fsp3) is 0.529.